The van der Waals surface area contributed by atoms with Crippen molar-refractivity contribution < 1.29 is 14.4 Å². The summed E-state index contributed by atoms with van der Waals surface area (Å²) in [6.07, 6.45) is 3.32. The van der Waals surface area contributed by atoms with Gasteiger partial charge in [-0.15, -0.1) is 0 Å². The van der Waals surface area contributed by atoms with Gasteiger partial charge in [-0.1, -0.05) is 34.1 Å². The van der Waals surface area contributed by atoms with Crippen LogP contribution >= 0.6 is 15.9 Å². The normalized spacial score (nSPS) is 15.8. The van der Waals surface area contributed by atoms with Crippen LogP contribution in [-0.2, 0) is 9.59 Å². The third-order valence-corrected chi connectivity index (χ3v) is 4.82. The SMILES string of the molecule is O=C1NC(=O)N(c2ccccc2)C(=O)/C1=C\c1cccn1-c1ccc(Br)cc1. The summed E-state index contributed by atoms with van der Waals surface area (Å²) in [4.78, 5) is 38.5. The molecule has 1 fully saturated rings. The van der Waals surface area contributed by atoms with Gasteiger partial charge < -0.3 is 4.57 Å². The summed E-state index contributed by atoms with van der Waals surface area (Å²) in [6.45, 7) is 0. The van der Waals surface area contributed by atoms with E-state index in [0.29, 0.717) is 11.4 Å². The molecule has 1 saturated heterocycles. The van der Waals surface area contributed by atoms with Gasteiger partial charge in [0.25, 0.3) is 11.8 Å². The number of nitrogens with zero attached hydrogens (tertiary/aromatic N) is 2. The fourth-order valence-corrected chi connectivity index (χ4v) is 3.23. The molecule has 0 aliphatic carbocycles. The summed E-state index contributed by atoms with van der Waals surface area (Å²) >= 11 is 3.40. The second kappa shape index (κ2) is 7.28. The molecular formula is C21H14BrN3O3. The van der Waals surface area contributed by atoms with Crippen molar-refractivity contribution in [1.82, 2.24) is 9.88 Å². The van der Waals surface area contributed by atoms with Gasteiger partial charge in [0.1, 0.15) is 5.57 Å². The topological polar surface area (TPSA) is 71.4 Å². The fourth-order valence-electron chi connectivity index (χ4n) is 2.97. The lowest BCUT2D eigenvalue weighted by Crippen LogP contribution is -2.54. The molecule has 1 aliphatic rings. The smallest absolute Gasteiger partial charge is 0.317 e. The second-order valence-corrected chi connectivity index (χ2v) is 6.99. The van der Waals surface area contributed by atoms with Crippen molar-refractivity contribution in [3.05, 3.63) is 88.7 Å². The highest BCUT2D eigenvalue weighted by Gasteiger charge is 2.36. The van der Waals surface area contributed by atoms with E-state index < -0.39 is 17.8 Å². The minimum Gasteiger partial charge on any atom is -0.317 e. The third kappa shape index (κ3) is 3.27. The van der Waals surface area contributed by atoms with E-state index in [4.69, 9.17) is 0 Å². The van der Waals surface area contributed by atoms with Crippen molar-refractivity contribution in [2.45, 2.75) is 0 Å². The number of carbonyl (C=O) groups is 3. The number of hydrogen-bond acceptors (Lipinski definition) is 3. The van der Waals surface area contributed by atoms with Crippen LogP contribution in [0, 0.1) is 0 Å². The van der Waals surface area contributed by atoms with Gasteiger partial charge in [-0.25, -0.2) is 9.69 Å². The van der Waals surface area contributed by atoms with Crippen molar-refractivity contribution in [2.75, 3.05) is 4.90 Å². The average molecular weight is 436 g/mol. The van der Waals surface area contributed by atoms with Gasteiger partial charge >= 0.3 is 6.03 Å². The van der Waals surface area contributed by atoms with E-state index in [1.807, 2.05) is 41.1 Å². The van der Waals surface area contributed by atoms with Crippen LogP contribution in [0.25, 0.3) is 11.8 Å². The van der Waals surface area contributed by atoms with Gasteiger partial charge in [0.15, 0.2) is 0 Å². The van der Waals surface area contributed by atoms with E-state index in [0.717, 1.165) is 15.1 Å². The monoisotopic (exact) mass is 435 g/mol. The lowest BCUT2D eigenvalue weighted by molar-refractivity contribution is -0.122. The summed E-state index contributed by atoms with van der Waals surface area (Å²) < 4.78 is 2.80. The number of para-hydroxylation sites is 1. The van der Waals surface area contributed by atoms with Gasteiger partial charge in [-0.2, -0.15) is 0 Å². The van der Waals surface area contributed by atoms with Gasteiger partial charge in [0.05, 0.1) is 5.69 Å². The van der Waals surface area contributed by atoms with Crippen LogP contribution in [0.2, 0.25) is 0 Å². The first kappa shape index (κ1) is 17.9. The molecule has 0 unspecified atom stereocenters. The molecule has 6 nitrogen and oxygen atoms in total. The lowest BCUT2D eigenvalue weighted by Gasteiger charge is -2.26. The van der Waals surface area contributed by atoms with Gasteiger partial charge in [0.2, 0.25) is 0 Å². The van der Waals surface area contributed by atoms with E-state index in [-0.39, 0.29) is 5.57 Å². The number of imide groups is 2. The first-order chi connectivity index (χ1) is 13.5. The third-order valence-electron chi connectivity index (χ3n) is 4.29. The van der Waals surface area contributed by atoms with Crippen molar-refractivity contribution in [2.24, 2.45) is 0 Å². The number of halogens is 1. The largest absolute Gasteiger partial charge is 0.335 e. The molecule has 28 heavy (non-hydrogen) atoms. The zero-order valence-electron chi connectivity index (χ0n) is 14.5. The molecule has 1 aliphatic heterocycles. The molecule has 7 heteroatoms. The Morgan fingerprint density at radius 3 is 2.25 bits per heavy atom. The first-order valence-corrected chi connectivity index (χ1v) is 9.24. The summed E-state index contributed by atoms with van der Waals surface area (Å²) in [5, 5.41) is 2.23. The Morgan fingerprint density at radius 2 is 1.54 bits per heavy atom. The maximum absolute atomic E-state index is 12.9. The predicted octanol–water partition coefficient (Wildman–Crippen LogP) is 3.91. The number of nitrogens with one attached hydrogen (secondary N) is 1. The Balaban J connectivity index is 1.74. The Morgan fingerprint density at radius 1 is 0.821 bits per heavy atom. The molecule has 138 valence electrons. The number of amides is 4. The van der Waals surface area contributed by atoms with E-state index in [2.05, 4.69) is 21.2 Å². The van der Waals surface area contributed by atoms with E-state index in [1.165, 1.54) is 6.08 Å². The van der Waals surface area contributed by atoms with Crippen molar-refractivity contribution >= 4 is 45.5 Å². The van der Waals surface area contributed by atoms with E-state index >= 15 is 0 Å². The molecule has 0 saturated carbocycles. The van der Waals surface area contributed by atoms with E-state index in [1.54, 1.807) is 36.4 Å². The molecular weight excluding hydrogens is 422 g/mol. The molecule has 3 aromatic rings. The zero-order valence-corrected chi connectivity index (χ0v) is 16.1. The minimum absolute atomic E-state index is 0.111. The van der Waals surface area contributed by atoms with Crippen molar-refractivity contribution in [3.8, 4) is 5.69 Å². The Bertz CT molecular complexity index is 1100. The highest BCUT2D eigenvalue weighted by Crippen LogP contribution is 2.23. The summed E-state index contributed by atoms with van der Waals surface area (Å²) in [5.74, 6) is -1.38. The number of anilines is 1. The number of rotatable bonds is 3. The fraction of sp³-hybridized carbons (Fsp3) is 0. The van der Waals surface area contributed by atoms with Gasteiger partial charge in [0, 0.05) is 22.1 Å². The van der Waals surface area contributed by atoms with Crippen LogP contribution in [0.3, 0.4) is 0 Å². The molecule has 1 aromatic heterocycles. The van der Waals surface area contributed by atoms with Crippen molar-refractivity contribution in [3.63, 3.8) is 0 Å². The van der Waals surface area contributed by atoms with Crippen LogP contribution in [0.4, 0.5) is 10.5 Å². The predicted molar refractivity (Wildman–Crippen MR) is 109 cm³/mol. The number of urea groups is 1. The number of benzene rings is 2. The van der Waals surface area contributed by atoms with Crippen LogP contribution in [-0.4, -0.2) is 22.4 Å². The number of barbiturate groups is 1. The molecule has 4 rings (SSSR count). The first-order valence-electron chi connectivity index (χ1n) is 8.44. The Labute approximate surface area is 169 Å². The van der Waals surface area contributed by atoms with E-state index in [9.17, 15) is 14.4 Å². The standard InChI is InChI=1S/C21H14BrN3O3/c22-14-8-10-15(11-9-14)24-12-4-7-17(24)13-18-19(26)23-21(28)25(20(18)27)16-5-2-1-3-6-16/h1-13H,(H,23,26,28)/b18-13-. The molecule has 0 spiro atoms. The Hall–Kier alpha value is -3.45. The van der Waals surface area contributed by atoms with Crippen LogP contribution < -0.4 is 10.2 Å². The van der Waals surface area contributed by atoms with Crippen LogP contribution in [0.1, 0.15) is 5.69 Å². The van der Waals surface area contributed by atoms with Crippen LogP contribution in [0.5, 0.6) is 0 Å². The summed E-state index contributed by atoms with van der Waals surface area (Å²) in [7, 11) is 0. The Kier molecular flexibility index (Phi) is 4.67. The van der Waals surface area contributed by atoms with Crippen LogP contribution in [0.15, 0.2) is 83.0 Å². The lowest BCUT2D eigenvalue weighted by atomic mass is 10.1. The van der Waals surface area contributed by atoms with Crippen molar-refractivity contribution in [1.29, 1.82) is 0 Å². The molecule has 4 amide bonds. The van der Waals surface area contributed by atoms with Gasteiger partial charge in [-0.3, -0.25) is 14.9 Å². The number of carbonyl (C=O) groups excluding carboxylic acids is 3. The molecule has 1 N–H and O–H groups in total. The maximum Gasteiger partial charge on any atom is 0.335 e. The number of hydrogen-bond donors (Lipinski definition) is 1. The second-order valence-electron chi connectivity index (χ2n) is 6.07. The summed E-state index contributed by atoms with van der Waals surface area (Å²) in [5.41, 5.74) is 1.80. The average Bonchev–Trinajstić information content (AvgIpc) is 3.15. The highest BCUT2D eigenvalue weighted by atomic mass is 79.9. The summed E-state index contributed by atoms with van der Waals surface area (Å²) in [6, 6.07) is 19.0. The zero-order chi connectivity index (χ0) is 19.7. The molecule has 0 radical (unpaired) electrons. The molecule has 2 heterocycles. The molecule has 0 atom stereocenters. The molecule has 2 aromatic carbocycles. The highest BCUT2D eigenvalue weighted by molar-refractivity contribution is 9.10. The quantitative estimate of drug-likeness (QED) is 0.500. The maximum atomic E-state index is 12.9. The molecule has 0 bridgehead atoms. The number of aromatic nitrogens is 1. The van der Waals surface area contributed by atoms with Gasteiger partial charge in [-0.05, 0) is 54.6 Å². The minimum atomic E-state index is -0.762.